The molecule has 9 heavy (non-hydrogen) atoms. The van der Waals surface area contributed by atoms with Crippen molar-refractivity contribution in [2.24, 2.45) is 0 Å². The van der Waals surface area contributed by atoms with Crippen LogP contribution in [0.3, 0.4) is 0 Å². The minimum absolute atomic E-state index is 0.543. The van der Waals surface area contributed by atoms with Gasteiger partial charge < -0.3 is 10.4 Å². The van der Waals surface area contributed by atoms with Crippen LogP contribution in [0, 0.1) is 12.3 Å². The Morgan fingerprint density at radius 1 is 1.78 bits per heavy atom. The molecule has 0 saturated heterocycles. The van der Waals surface area contributed by atoms with Crippen molar-refractivity contribution in [2.75, 3.05) is 6.54 Å². The summed E-state index contributed by atoms with van der Waals surface area (Å²) < 4.78 is 0. The first kappa shape index (κ1) is 6.60. The van der Waals surface area contributed by atoms with E-state index in [1.165, 1.54) is 12.8 Å². The summed E-state index contributed by atoms with van der Waals surface area (Å²) in [5, 5.41) is 12.0. The molecule has 1 fully saturated rings. The van der Waals surface area contributed by atoms with Crippen molar-refractivity contribution < 1.29 is 5.11 Å². The molecule has 2 heteroatoms. The molecular weight excluding hydrogens is 114 g/mol. The highest BCUT2D eigenvalue weighted by molar-refractivity contribution is 4.95. The number of aliphatic hydroxyl groups is 1. The highest BCUT2D eigenvalue weighted by atomic mass is 16.3. The zero-order chi connectivity index (χ0) is 6.69. The first-order valence-corrected chi connectivity index (χ1v) is 3.20. The van der Waals surface area contributed by atoms with E-state index in [1.54, 1.807) is 0 Å². The Balaban J connectivity index is 1.97. The van der Waals surface area contributed by atoms with Crippen LogP contribution in [0.5, 0.6) is 0 Å². The second-order valence-corrected chi connectivity index (χ2v) is 2.36. The summed E-state index contributed by atoms with van der Waals surface area (Å²) in [5.74, 6) is 2.24. The van der Waals surface area contributed by atoms with Crippen LogP contribution >= 0.6 is 0 Å². The number of aliphatic hydroxyl groups excluding tert-OH is 1. The molecule has 1 rings (SSSR count). The van der Waals surface area contributed by atoms with Crippen LogP contribution in [0.4, 0.5) is 0 Å². The standard InChI is InChI=1S/C7H11NO/c1-2-7(9)5-8-6-3-4-6/h1,6-9H,3-5H2. The van der Waals surface area contributed by atoms with E-state index in [0.717, 1.165) is 0 Å². The van der Waals surface area contributed by atoms with Gasteiger partial charge in [-0.25, -0.2) is 0 Å². The van der Waals surface area contributed by atoms with Crippen LogP contribution in [-0.4, -0.2) is 23.8 Å². The zero-order valence-corrected chi connectivity index (χ0v) is 5.30. The van der Waals surface area contributed by atoms with E-state index >= 15 is 0 Å². The Kier molecular flexibility index (Phi) is 2.10. The van der Waals surface area contributed by atoms with E-state index < -0.39 is 6.10 Å². The summed E-state index contributed by atoms with van der Waals surface area (Å²) in [6, 6.07) is 0.632. The fourth-order valence-electron chi connectivity index (χ4n) is 0.625. The van der Waals surface area contributed by atoms with Crippen molar-refractivity contribution in [3.05, 3.63) is 0 Å². The number of terminal acetylenes is 1. The van der Waals surface area contributed by atoms with Gasteiger partial charge in [0.25, 0.3) is 0 Å². The maximum Gasteiger partial charge on any atom is 0.126 e. The molecule has 0 aromatic rings. The molecule has 1 aliphatic rings. The Bertz CT molecular complexity index is 123. The van der Waals surface area contributed by atoms with Crippen LogP contribution in [0.15, 0.2) is 0 Å². The molecule has 1 aliphatic carbocycles. The molecular formula is C7H11NO. The first-order chi connectivity index (χ1) is 4.33. The zero-order valence-electron chi connectivity index (χ0n) is 5.30. The third-order valence-corrected chi connectivity index (χ3v) is 1.37. The fraction of sp³-hybridized carbons (Fsp3) is 0.714. The molecule has 0 spiro atoms. The summed E-state index contributed by atoms with van der Waals surface area (Å²) in [4.78, 5) is 0. The van der Waals surface area contributed by atoms with E-state index in [0.29, 0.717) is 12.6 Å². The lowest BCUT2D eigenvalue weighted by atomic mass is 10.4. The Morgan fingerprint density at radius 3 is 2.89 bits per heavy atom. The van der Waals surface area contributed by atoms with Crippen molar-refractivity contribution in [3.8, 4) is 12.3 Å². The smallest absolute Gasteiger partial charge is 0.126 e. The SMILES string of the molecule is C#CC(O)CNC1CC1. The summed E-state index contributed by atoms with van der Waals surface area (Å²) >= 11 is 0. The monoisotopic (exact) mass is 125 g/mol. The molecule has 0 aromatic carbocycles. The summed E-state index contributed by atoms with van der Waals surface area (Å²) in [7, 11) is 0. The van der Waals surface area contributed by atoms with Crippen LogP contribution in [0.25, 0.3) is 0 Å². The molecule has 0 aromatic heterocycles. The van der Waals surface area contributed by atoms with Crippen molar-refractivity contribution >= 4 is 0 Å². The molecule has 2 nitrogen and oxygen atoms in total. The third-order valence-electron chi connectivity index (χ3n) is 1.37. The lowest BCUT2D eigenvalue weighted by Gasteiger charge is -2.02. The molecule has 1 saturated carbocycles. The highest BCUT2D eigenvalue weighted by Crippen LogP contribution is 2.18. The highest BCUT2D eigenvalue weighted by Gasteiger charge is 2.20. The summed E-state index contributed by atoms with van der Waals surface area (Å²) in [6.07, 6.45) is 6.80. The predicted molar refractivity (Wildman–Crippen MR) is 35.9 cm³/mol. The molecule has 0 heterocycles. The van der Waals surface area contributed by atoms with Crippen LogP contribution in [-0.2, 0) is 0 Å². The van der Waals surface area contributed by atoms with Crippen molar-refractivity contribution in [3.63, 3.8) is 0 Å². The maximum atomic E-state index is 8.84. The van der Waals surface area contributed by atoms with Crippen LogP contribution < -0.4 is 5.32 Å². The number of rotatable bonds is 3. The number of hydrogen-bond donors (Lipinski definition) is 2. The van der Waals surface area contributed by atoms with E-state index in [4.69, 9.17) is 11.5 Å². The van der Waals surface area contributed by atoms with Gasteiger partial charge in [0.2, 0.25) is 0 Å². The lowest BCUT2D eigenvalue weighted by molar-refractivity contribution is 0.227. The van der Waals surface area contributed by atoms with Gasteiger partial charge in [0.1, 0.15) is 6.10 Å². The van der Waals surface area contributed by atoms with Gasteiger partial charge in [-0.3, -0.25) is 0 Å². The van der Waals surface area contributed by atoms with Gasteiger partial charge in [-0.2, -0.15) is 0 Å². The van der Waals surface area contributed by atoms with E-state index in [2.05, 4.69) is 11.2 Å². The van der Waals surface area contributed by atoms with Gasteiger partial charge in [-0.15, -0.1) is 6.42 Å². The average molecular weight is 125 g/mol. The predicted octanol–water partition coefficient (Wildman–Crippen LogP) is -0.268. The van der Waals surface area contributed by atoms with E-state index in [-0.39, 0.29) is 0 Å². The van der Waals surface area contributed by atoms with E-state index in [9.17, 15) is 0 Å². The van der Waals surface area contributed by atoms with Gasteiger partial charge in [-0.05, 0) is 12.8 Å². The minimum Gasteiger partial charge on any atom is -0.379 e. The van der Waals surface area contributed by atoms with Crippen molar-refractivity contribution in [1.29, 1.82) is 0 Å². The van der Waals surface area contributed by atoms with Crippen molar-refractivity contribution in [2.45, 2.75) is 25.0 Å². The number of hydrogen-bond acceptors (Lipinski definition) is 2. The molecule has 0 radical (unpaired) electrons. The average Bonchev–Trinajstić information content (AvgIpc) is 2.65. The normalized spacial score (nSPS) is 20.9. The molecule has 0 amide bonds. The summed E-state index contributed by atoms with van der Waals surface area (Å²) in [6.45, 7) is 0.543. The number of nitrogens with one attached hydrogen (secondary N) is 1. The van der Waals surface area contributed by atoms with Crippen LogP contribution in [0.1, 0.15) is 12.8 Å². The van der Waals surface area contributed by atoms with Gasteiger partial charge in [0.05, 0.1) is 0 Å². The molecule has 1 unspecified atom stereocenters. The minimum atomic E-state index is -0.606. The maximum absolute atomic E-state index is 8.84. The third kappa shape index (κ3) is 2.50. The van der Waals surface area contributed by atoms with Crippen molar-refractivity contribution in [1.82, 2.24) is 5.32 Å². The largest absolute Gasteiger partial charge is 0.379 e. The second kappa shape index (κ2) is 2.86. The van der Waals surface area contributed by atoms with Gasteiger partial charge in [0.15, 0.2) is 0 Å². The Labute approximate surface area is 55.3 Å². The topological polar surface area (TPSA) is 32.3 Å². The molecule has 1 atom stereocenters. The van der Waals surface area contributed by atoms with Gasteiger partial charge in [0, 0.05) is 12.6 Å². The quantitative estimate of drug-likeness (QED) is 0.509. The Morgan fingerprint density at radius 2 is 2.44 bits per heavy atom. The molecule has 0 bridgehead atoms. The molecule has 0 aliphatic heterocycles. The fourth-order valence-corrected chi connectivity index (χ4v) is 0.625. The van der Waals surface area contributed by atoms with Gasteiger partial charge >= 0.3 is 0 Å². The second-order valence-electron chi connectivity index (χ2n) is 2.36. The lowest BCUT2D eigenvalue weighted by Crippen LogP contribution is -2.26. The Hall–Kier alpha value is -0.520. The van der Waals surface area contributed by atoms with E-state index in [1.807, 2.05) is 0 Å². The first-order valence-electron chi connectivity index (χ1n) is 3.20. The van der Waals surface area contributed by atoms with Gasteiger partial charge in [-0.1, -0.05) is 5.92 Å². The summed E-state index contributed by atoms with van der Waals surface area (Å²) in [5.41, 5.74) is 0. The molecule has 50 valence electrons. The molecule has 2 N–H and O–H groups in total. The van der Waals surface area contributed by atoms with Crippen LogP contribution in [0.2, 0.25) is 0 Å².